The van der Waals surface area contributed by atoms with Crippen LogP contribution >= 0.6 is 35.6 Å². The van der Waals surface area contributed by atoms with Crippen LogP contribution in [0.4, 0.5) is 13.2 Å². The summed E-state index contributed by atoms with van der Waals surface area (Å²) in [5, 5.41) is 5.92. The van der Waals surface area contributed by atoms with Gasteiger partial charge in [0.2, 0.25) is 0 Å². The SMILES string of the molecule is CCOc1c(Cl)cc(CNC(=NC)NCCC(F)(F)F)cc1OC.I. The first-order chi connectivity index (χ1) is 11.3. The van der Waals surface area contributed by atoms with E-state index in [0.717, 1.165) is 5.56 Å². The molecule has 144 valence electrons. The number of hydrogen-bond acceptors (Lipinski definition) is 3. The Balaban J connectivity index is 0.00000576. The van der Waals surface area contributed by atoms with E-state index in [-0.39, 0.29) is 36.5 Å². The topological polar surface area (TPSA) is 54.9 Å². The first-order valence-corrected chi connectivity index (χ1v) is 7.69. The molecule has 0 spiro atoms. The van der Waals surface area contributed by atoms with Crippen molar-refractivity contribution < 1.29 is 22.6 Å². The van der Waals surface area contributed by atoms with Gasteiger partial charge >= 0.3 is 6.18 Å². The van der Waals surface area contributed by atoms with Crippen LogP contribution in [0.1, 0.15) is 18.9 Å². The first-order valence-electron chi connectivity index (χ1n) is 7.31. The van der Waals surface area contributed by atoms with Gasteiger partial charge in [0.25, 0.3) is 0 Å². The van der Waals surface area contributed by atoms with Crippen LogP contribution in [-0.2, 0) is 6.54 Å². The average molecular weight is 496 g/mol. The van der Waals surface area contributed by atoms with E-state index in [4.69, 9.17) is 21.1 Å². The average Bonchev–Trinajstić information content (AvgIpc) is 2.51. The summed E-state index contributed by atoms with van der Waals surface area (Å²) in [5.74, 6) is 1.21. The molecule has 0 aromatic heterocycles. The molecular formula is C15H22ClF3IN3O2. The maximum Gasteiger partial charge on any atom is 0.390 e. The third-order valence-corrected chi connectivity index (χ3v) is 3.24. The van der Waals surface area contributed by atoms with E-state index in [1.54, 1.807) is 12.1 Å². The van der Waals surface area contributed by atoms with E-state index < -0.39 is 12.6 Å². The summed E-state index contributed by atoms with van der Waals surface area (Å²) in [6.07, 6.45) is -5.14. The lowest BCUT2D eigenvalue weighted by Crippen LogP contribution is -2.38. The molecule has 0 aliphatic rings. The van der Waals surface area contributed by atoms with E-state index >= 15 is 0 Å². The molecule has 1 aromatic rings. The largest absolute Gasteiger partial charge is 0.493 e. The molecule has 1 rings (SSSR count). The van der Waals surface area contributed by atoms with Crippen molar-refractivity contribution in [2.45, 2.75) is 26.1 Å². The van der Waals surface area contributed by atoms with Crippen LogP contribution in [0.3, 0.4) is 0 Å². The summed E-state index contributed by atoms with van der Waals surface area (Å²) < 4.78 is 47.1. The van der Waals surface area contributed by atoms with Gasteiger partial charge in [-0.2, -0.15) is 13.2 Å². The molecule has 25 heavy (non-hydrogen) atoms. The molecule has 0 bridgehead atoms. The zero-order chi connectivity index (χ0) is 18.2. The number of hydrogen-bond donors (Lipinski definition) is 2. The first kappa shape index (κ1) is 23.9. The number of ether oxygens (including phenoxy) is 2. The Morgan fingerprint density at radius 3 is 2.48 bits per heavy atom. The van der Waals surface area contributed by atoms with Crippen molar-refractivity contribution in [3.63, 3.8) is 0 Å². The van der Waals surface area contributed by atoms with E-state index in [9.17, 15) is 13.2 Å². The van der Waals surface area contributed by atoms with E-state index in [0.29, 0.717) is 29.7 Å². The normalized spacial score (nSPS) is 11.6. The van der Waals surface area contributed by atoms with Crippen LogP contribution in [-0.4, -0.2) is 39.4 Å². The molecule has 0 aliphatic carbocycles. The fourth-order valence-corrected chi connectivity index (χ4v) is 2.18. The summed E-state index contributed by atoms with van der Waals surface area (Å²) in [5.41, 5.74) is 0.777. The second kappa shape index (κ2) is 11.5. The minimum absolute atomic E-state index is 0. The summed E-state index contributed by atoms with van der Waals surface area (Å²) >= 11 is 6.17. The highest BCUT2D eigenvalue weighted by Crippen LogP contribution is 2.36. The lowest BCUT2D eigenvalue weighted by atomic mass is 10.2. The molecule has 0 unspecified atom stereocenters. The Morgan fingerprint density at radius 1 is 1.28 bits per heavy atom. The molecule has 0 atom stereocenters. The van der Waals surface area contributed by atoms with Gasteiger partial charge in [-0.1, -0.05) is 11.6 Å². The monoisotopic (exact) mass is 495 g/mol. The number of halogens is 5. The summed E-state index contributed by atoms with van der Waals surface area (Å²) in [6, 6.07) is 3.44. The predicted molar refractivity (Wildman–Crippen MR) is 103 cm³/mol. The van der Waals surface area contributed by atoms with E-state index in [2.05, 4.69) is 15.6 Å². The van der Waals surface area contributed by atoms with Gasteiger partial charge < -0.3 is 20.1 Å². The van der Waals surface area contributed by atoms with Crippen LogP contribution in [0.5, 0.6) is 11.5 Å². The van der Waals surface area contributed by atoms with E-state index in [1.807, 2.05) is 6.92 Å². The minimum atomic E-state index is -4.21. The van der Waals surface area contributed by atoms with Crippen molar-refractivity contribution in [3.05, 3.63) is 22.7 Å². The van der Waals surface area contributed by atoms with Crippen molar-refractivity contribution >= 4 is 41.5 Å². The van der Waals surface area contributed by atoms with Crippen LogP contribution in [0.2, 0.25) is 5.02 Å². The van der Waals surface area contributed by atoms with Crippen molar-refractivity contribution in [3.8, 4) is 11.5 Å². The van der Waals surface area contributed by atoms with Gasteiger partial charge in [-0.05, 0) is 24.6 Å². The van der Waals surface area contributed by atoms with Gasteiger partial charge in [-0.3, -0.25) is 4.99 Å². The van der Waals surface area contributed by atoms with Gasteiger partial charge in [0.05, 0.1) is 25.2 Å². The lowest BCUT2D eigenvalue weighted by Gasteiger charge is -2.15. The second-order valence-corrected chi connectivity index (χ2v) is 5.17. The molecular weight excluding hydrogens is 474 g/mol. The molecule has 0 radical (unpaired) electrons. The van der Waals surface area contributed by atoms with Crippen LogP contribution in [0.25, 0.3) is 0 Å². The van der Waals surface area contributed by atoms with Gasteiger partial charge in [-0.15, -0.1) is 24.0 Å². The third-order valence-electron chi connectivity index (χ3n) is 2.96. The molecule has 0 heterocycles. The molecule has 0 amide bonds. The quantitative estimate of drug-likeness (QED) is 0.341. The van der Waals surface area contributed by atoms with Crippen LogP contribution in [0.15, 0.2) is 17.1 Å². The number of guanidine groups is 1. The number of alkyl halides is 3. The molecule has 0 fully saturated rings. The highest BCUT2D eigenvalue weighted by Gasteiger charge is 2.26. The summed E-state index contributed by atoms with van der Waals surface area (Å²) in [7, 11) is 2.98. The zero-order valence-corrected chi connectivity index (χ0v) is 17.3. The molecule has 10 heteroatoms. The highest BCUT2D eigenvalue weighted by molar-refractivity contribution is 14.0. The van der Waals surface area contributed by atoms with E-state index in [1.165, 1.54) is 14.2 Å². The molecule has 2 N–H and O–H groups in total. The van der Waals surface area contributed by atoms with Crippen molar-refractivity contribution in [1.29, 1.82) is 0 Å². The fourth-order valence-electron chi connectivity index (χ4n) is 1.89. The van der Waals surface area contributed by atoms with Crippen LogP contribution in [0, 0.1) is 0 Å². The number of nitrogens with one attached hydrogen (secondary N) is 2. The molecule has 5 nitrogen and oxygen atoms in total. The van der Waals surface area contributed by atoms with Crippen molar-refractivity contribution in [2.24, 2.45) is 4.99 Å². The van der Waals surface area contributed by atoms with Crippen molar-refractivity contribution in [2.75, 3.05) is 27.3 Å². The van der Waals surface area contributed by atoms with Gasteiger partial charge in [-0.25, -0.2) is 0 Å². The minimum Gasteiger partial charge on any atom is -0.493 e. The van der Waals surface area contributed by atoms with Crippen molar-refractivity contribution in [1.82, 2.24) is 10.6 Å². The molecule has 1 aromatic carbocycles. The molecule has 0 saturated heterocycles. The highest BCUT2D eigenvalue weighted by atomic mass is 127. The lowest BCUT2D eigenvalue weighted by molar-refractivity contribution is -0.132. The molecule has 0 saturated carbocycles. The standard InChI is InChI=1S/C15H21ClF3N3O2.HI/c1-4-24-13-11(16)7-10(8-12(13)23-3)9-22-14(20-2)21-6-5-15(17,18)19;/h7-8H,4-6,9H2,1-3H3,(H2,20,21,22);1H. The Labute approximate surface area is 167 Å². The predicted octanol–water partition coefficient (Wildman–Crippen LogP) is 3.98. The molecule has 0 aliphatic heterocycles. The number of methoxy groups -OCH3 is 1. The third kappa shape index (κ3) is 8.70. The smallest absolute Gasteiger partial charge is 0.390 e. The zero-order valence-electron chi connectivity index (χ0n) is 14.2. The number of aliphatic imine (C=N–C) groups is 1. The maximum absolute atomic E-state index is 12.1. The Bertz CT molecular complexity index is 572. The summed E-state index contributed by atoms with van der Waals surface area (Å²) in [4.78, 5) is 3.87. The van der Waals surface area contributed by atoms with Gasteiger partial charge in [0.15, 0.2) is 17.5 Å². The number of nitrogens with zero attached hydrogens (tertiary/aromatic N) is 1. The van der Waals surface area contributed by atoms with Crippen LogP contribution < -0.4 is 20.1 Å². The second-order valence-electron chi connectivity index (χ2n) is 4.76. The summed E-state index contributed by atoms with van der Waals surface area (Å²) in [6.45, 7) is 2.34. The Hall–Kier alpha value is -1.10. The fraction of sp³-hybridized carbons (Fsp3) is 0.533. The number of benzene rings is 1. The Morgan fingerprint density at radius 2 is 1.96 bits per heavy atom. The van der Waals surface area contributed by atoms with Gasteiger partial charge in [0, 0.05) is 20.1 Å². The number of rotatable bonds is 7. The van der Waals surface area contributed by atoms with Gasteiger partial charge in [0.1, 0.15) is 0 Å². The Kier molecular flexibility index (Phi) is 11.0. The maximum atomic E-state index is 12.1.